The normalized spacial score (nSPS) is 18.2. The summed E-state index contributed by atoms with van der Waals surface area (Å²) in [6.07, 6.45) is 9.19. The van der Waals surface area contributed by atoms with Gasteiger partial charge in [0.25, 0.3) is 0 Å². The summed E-state index contributed by atoms with van der Waals surface area (Å²) in [5, 5.41) is 0. The van der Waals surface area contributed by atoms with Crippen molar-refractivity contribution in [3.05, 3.63) is 29.7 Å². The first kappa shape index (κ1) is 15.7. The van der Waals surface area contributed by atoms with Crippen molar-refractivity contribution in [1.82, 2.24) is 4.98 Å². The van der Waals surface area contributed by atoms with Crippen LogP contribution in [-0.2, 0) is 24.9 Å². The van der Waals surface area contributed by atoms with Gasteiger partial charge in [0, 0.05) is 19.5 Å². The molecule has 20 heavy (non-hydrogen) atoms. The Bertz CT molecular complexity index is 582. The molecule has 0 N–H and O–H groups in total. The fourth-order valence-corrected chi connectivity index (χ4v) is 3.33. The molecule has 0 bridgehead atoms. The maximum Gasteiger partial charge on any atom is 0.103 e. The molecule has 111 valence electrons. The van der Waals surface area contributed by atoms with Crippen LogP contribution in [0.2, 0.25) is 0 Å². The zero-order chi connectivity index (χ0) is 13.5. The Balaban J connectivity index is 0.00000147. The molecular weight excluding hydrogens is 337 g/mol. The standard InChI is InChI=1S/C17H22NO.Rh/c1-12(2)13-9-14(16-15(10-13)18-11-19-16)17(3)7-5-4-6-8-17;/h9-10,12H,4-8H2,1-3H3;/q-1;. The molecular formula is C17H22NORh-. The van der Waals surface area contributed by atoms with Gasteiger partial charge in [-0.05, 0) is 35.3 Å². The van der Waals surface area contributed by atoms with Gasteiger partial charge >= 0.3 is 0 Å². The predicted octanol–water partition coefficient (Wildman–Crippen LogP) is 4.97. The van der Waals surface area contributed by atoms with Gasteiger partial charge in [0.15, 0.2) is 0 Å². The van der Waals surface area contributed by atoms with E-state index >= 15 is 0 Å². The molecule has 1 aliphatic rings. The van der Waals surface area contributed by atoms with Crippen LogP contribution in [0.15, 0.2) is 16.5 Å². The molecule has 2 nitrogen and oxygen atoms in total. The van der Waals surface area contributed by atoms with Crippen LogP contribution in [0.25, 0.3) is 11.1 Å². The second-order valence-electron chi connectivity index (χ2n) is 6.50. The molecule has 1 aromatic carbocycles. The van der Waals surface area contributed by atoms with Gasteiger partial charge in [-0.25, -0.2) is 0 Å². The van der Waals surface area contributed by atoms with Gasteiger partial charge in [-0.3, -0.25) is 0 Å². The van der Waals surface area contributed by atoms with Crippen molar-refractivity contribution in [2.45, 2.75) is 64.2 Å². The van der Waals surface area contributed by atoms with Crippen molar-refractivity contribution >= 4 is 11.1 Å². The first-order chi connectivity index (χ1) is 9.10. The van der Waals surface area contributed by atoms with Gasteiger partial charge in [0.2, 0.25) is 0 Å². The number of rotatable bonds is 2. The third-order valence-electron chi connectivity index (χ3n) is 4.68. The Morgan fingerprint density at radius 3 is 2.55 bits per heavy atom. The molecule has 1 saturated carbocycles. The molecule has 0 saturated heterocycles. The molecule has 0 atom stereocenters. The molecule has 1 heterocycles. The molecule has 1 aromatic heterocycles. The average molecular weight is 359 g/mol. The largest absolute Gasteiger partial charge is 0.573 e. The minimum atomic E-state index is 0. The van der Waals surface area contributed by atoms with E-state index in [2.05, 4.69) is 44.3 Å². The van der Waals surface area contributed by atoms with E-state index in [-0.39, 0.29) is 24.9 Å². The molecule has 0 amide bonds. The number of benzene rings is 1. The summed E-state index contributed by atoms with van der Waals surface area (Å²) in [7, 11) is 0. The number of fused-ring (bicyclic) bond motifs is 1. The summed E-state index contributed by atoms with van der Waals surface area (Å²) in [5.41, 5.74) is 4.87. The van der Waals surface area contributed by atoms with Crippen molar-refractivity contribution in [2.24, 2.45) is 0 Å². The Kier molecular flexibility index (Phi) is 4.69. The number of hydrogen-bond donors (Lipinski definition) is 0. The van der Waals surface area contributed by atoms with Crippen LogP contribution in [0.1, 0.15) is 69.9 Å². The molecule has 0 aliphatic heterocycles. The van der Waals surface area contributed by atoms with Crippen LogP contribution in [0.3, 0.4) is 0 Å². The number of hydrogen-bond acceptors (Lipinski definition) is 2. The summed E-state index contributed by atoms with van der Waals surface area (Å²) in [5.74, 6) is 0.520. The van der Waals surface area contributed by atoms with Crippen LogP contribution in [0.5, 0.6) is 0 Å². The molecule has 3 heteroatoms. The maximum absolute atomic E-state index is 5.57. The van der Waals surface area contributed by atoms with E-state index < -0.39 is 0 Å². The Labute approximate surface area is 134 Å². The van der Waals surface area contributed by atoms with E-state index in [4.69, 9.17) is 4.42 Å². The van der Waals surface area contributed by atoms with Gasteiger partial charge in [-0.15, -0.1) is 0 Å². The van der Waals surface area contributed by atoms with Gasteiger partial charge in [0.1, 0.15) is 6.39 Å². The SMILES string of the molecule is CC(C)c1cc(C2(C)CCCCC2)c2o[c-]nc2c1.[Rh]. The van der Waals surface area contributed by atoms with Crippen molar-refractivity contribution in [2.75, 3.05) is 0 Å². The second kappa shape index (κ2) is 5.97. The van der Waals surface area contributed by atoms with E-state index in [1.807, 2.05) is 0 Å². The zero-order valence-corrected chi connectivity index (χ0v) is 14.1. The van der Waals surface area contributed by atoms with E-state index in [0.717, 1.165) is 11.1 Å². The first-order valence-electron chi connectivity index (χ1n) is 7.41. The molecule has 1 fully saturated rings. The van der Waals surface area contributed by atoms with Crippen molar-refractivity contribution in [3.8, 4) is 0 Å². The molecule has 1 aliphatic carbocycles. The van der Waals surface area contributed by atoms with Gasteiger partial charge < -0.3 is 9.40 Å². The Morgan fingerprint density at radius 1 is 1.20 bits per heavy atom. The predicted molar refractivity (Wildman–Crippen MR) is 77.4 cm³/mol. The zero-order valence-electron chi connectivity index (χ0n) is 12.5. The topological polar surface area (TPSA) is 26.0 Å². The fraction of sp³-hybridized carbons (Fsp3) is 0.588. The Hall–Kier alpha value is -0.687. The van der Waals surface area contributed by atoms with Gasteiger partial charge in [-0.2, -0.15) is 0 Å². The quantitative estimate of drug-likeness (QED) is 0.559. The first-order valence-corrected chi connectivity index (χ1v) is 7.41. The average Bonchev–Trinajstić information content (AvgIpc) is 2.86. The summed E-state index contributed by atoms with van der Waals surface area (Å²) < 4.78 is 5.57. The number of nitrogens with zero attached hydrogens (tertiary/aromatic N) is 1. The monoisotopic (exact) mass is 359 g/mol. The second-order valence-corrected chi connectivity index (χ2v) is 6.50. The molecule has 1 radical (unpaired) electrons. The summed E-state index contributed by atoms with van der Waals surface area (Å²) in [4.78, 5) is 4.26. The third kappa shape index (κ3) is 2.70. The molecule has 0 unspecified atom stereocenters. The smallest absolute Gasteiger partial charge is 0.103 e. The van der Waals surface area contributed by atoms with Crippen LogP contribution in [-0.4, -0.2) is 4.98 Å². The van der Waals surface area contributed by atoms with E-state index in [1.165, 1.54) is 43.2 Å². The molecule has 2 aromatic rings. The maximum atomic E-state index is 5.57. The summed E-state index contributed by atoms with van der Waals surface area (Å²) >= 11 is 0. The minimum absolute atomic E-state index is 0. The van der Waals surface area contributed by atoms with Gasteiger partial charge in [0.05, 0.1) is 0 Å². The van der Waals surface area contributed by atoms with Crippen LogP contribution >= 0.6 is 0 Å². The summed E-state index contributed by atoms with van der Waals surface area (Å²) in [6, 6.07) is 4.49. The van der Waals surface area contributed by atoms with Crippen molar-refractivity contribution in [3.63, 3.8) is 0 Å². The number of oxazole rings is 1. The van der Waals surface area contributed by atoms with Crippen LogP contribution in [0, 0.1) is 6.39 Å². The van der Waals surface area contributed by atoms with Crippen LogP contribution < -0.4 is 0 Å². The summed E-state index contributed by atoms with van der Waals surface area (Å²) in [6.45, 7) is 6.85. The third-order valence-corrected chi connectivity index (χ3v) is 4.68. The minimum Gasteiger partial charge on any atom is -0.573 e. The van der Waals surface area contributed by atoms with Crippen LogP contribution in [0.4, 0.5) is 0 Å². The van der Waals surface area contributed by atoms with Gasteiger partial charge in [-0.1, -0.05) is 63.3 Å². The fourth-order valence-electron chi connectivity index (χ4n) is 3.33. The van der Waals surface area contributed by atoms with Crippen molar-refractivity contribution < 1.29 is 23.9 Å². The molecule has 3 rings (SSSR count). The van der Waals surface area contributed by atoms with E-state index in [1.54, 1.807) is 0 Å². The van der Waals surface area contributed by atoms with E-state index in [0.29, 0.717) is 5.92 Å². The van der Waals surface area contributed by atoms with E-state index in [9.17, 15) is 0 Å². The molecule has 0 spiro atoms. The Morgan fingerprint density at radius 2 is 1.90 bits per heavy atom. The number of aromatic nitrogens is 1. The van der Waals surface area contributed by atoms with Crippen molar-refractivity contribution in [1.29, 1.82) is 0 Å².